The smallest absolute Gasteiger partial charge is 0.277 e. The molecule has 3 rings (SSSR count). The van der Waals surface area contributed by atoms with Crippen LogP contribution in [0.15, 0.2) is 52.1 Å². The lowest BCUT2D eigenvalue weighted by atomic mass is 10.2. The number of anilines is 1. The van der Waals surface area contributed by atoms with E-state index in [-0.39, 0.29) is 5.91 Å². The van der Waals surface area contributed by atoms with Crippen LogP contribution in [0.5, 0.6) is 11.5 Å². The fourth-order valence-electron chi connectivity index (χ4n) is 2.43. The van der Waals surface area contributed by atoms with Gasteiger partial charge in [0.2, 0.25) is 5.91 Å². The molecule has 8 heteroatoms. The first-order valence-corrected chi connectivity index (χ1v) is 9.48. The Labute approximate surface area is 167 Å². The van der Waals surface area contributed by atoms with Gasteiger partial charge in [-0.2, -0.15) is 0 Å². The molecule has 1 amide bonds. The zero-order chi connectivity index (χ0) is 20.1. The molecule has 0 unspecified atom stereocenters. The highest BCUT2D eigenvalue weighted by atomic mass is 32.2. The Kier molecular flexibility index (Phi) is 6.20. The molecule has 0 bridgehead atoms. The summed E-state index contributed by atoms with van der Waals surface area (Å²) in [7, 11) is 3.14. The highest BCUT2D eigenvalue weighted by Crippen LogP contribution is 2.34. The second kappa shape index (κ2) is 8.79. The van der Waals surface area contributed by atoms with Gasteiger partial charge in [-0.3, -0.25) is 4.79 Å². The highest BCUT2D eigenvalue weighted by molar-refractivity contribution is 8.00. The van der Waals surface area contributed by atoms with Crippen LogP contribution in [0, 0.1) is 6.92 Å². The summed E-state index contributed by atoms with van der Waals surface area (Å²) in [5.41, 5.74) is 2.53. The van der Waals surface area contributed by atoms with Crippen LogP contribution in [-0.2, 0) is 4.79 Å². The number of hydrogen-bond donors (Lipinski definition) is 1. The number of carbonyl (C=O) groups excluding carboxylic acids is 1. The monoisotopic (exact) mass is 399 g/mol. The second-order valence-corrected chi connectivity index (χ2v) is 7.35. The fraction of sp³-hybridized carbons (Fsp3) is 0.250. The predicted octanol–water partition coefficient (Wildman–Crippen LogP) is 4.18. The number of aromatic nitrogens is 2. The van der Waals surface area contributed by atoms with E-state index in [1.165, 1.54) is 11.8 Å². The van der Waals surface area contributed by atoms with E-state index in [0.29, 0.717) is 28.2 Å². The predicted molar refractivity (Wildman–Crippen MR) is 108 cm³/mol. The number of hydrogen-bond acceptors (Lipinski definition) is 7. The molecule has 1 aromatic heterocycles. The summed E-state index contributed by atoms with van der Waals surface area (Å²) in [5.74, 6) is 1.39. The Bertz CT molecular complexity index is 956. The van der Waals surface area contributed by atoms with Gasteiger partial charge in [-0.15, -0.1) is 10.2 Å². The molecule has 0 saturated heterocycles. The SMILES string of the molecule is COc1ccc(-c2nnc(S[C@H](C)C(=O)Nc3ccc(C)cc3)o2)c(OC)c1. The van der Waals surface area contributed by atoms with Gasteiger partial charge < -0.3 is 19.2 Å². The van der Waals surface area contributed by atoms with Crippen molar-refractivity contribution in [2.24, 2.45) is 0 Å². The minimum absolute atomic E-state index is 0.143. The number of methoxy groups -OCH3 is 2. The third-order valence-electron chi connectivity index (χ3n) is 4.01. The van der Waals surface area contributed by atoms with Crippen LogP contribution in [-0.4, -0.2) is 35.6 Å². The first-order chi connectivity index (χ1) is 13.5. The normalized spacial score (nSPS) is 11.7. The summed E-state index contributed by atoms with van der Waals surface area (Å²) in [5, 5.41) is 10.9. The van der Waals surface area contributed by atoms with Crippen molar-refractivity contribution >= 4 is 23.4 Å². The Morgan fingerprint density at radius 2 is 1.86 bits per heavy atom. The van der Waals surface area contributed by atoms with Crippen molar-refractivity contribution in [3.63, 3.8) is 0 Å². The molecule has 0 saturated carbocycles. The second-order valence-electron chi connectivity index (χ2n) is 6.05. The summed E-state index contributed by atoms with van der Waals surface area (Å²) in [6.45, 7) is 3.78. The Morgan fingerprint density at radius 3 is 2.54 bits per heavy atom. The van der Waals surface area contributed by atoms with Crippen molar-refractivity contribution in [1.29, 1.82) is 0 Å². The van der Waals surface area contributed by atoms with E-state index in [0.717, 1.165) is 11.3 Å². The molecular formula is C20H21N3O4S. The van der Waals surface area contributed by atoms with Gasteiger partial charge in [0.25, 0.3) is 11.1 Å². The van der Waals surface area contributed by atoms with Gasteiger partial charge in [-0.1, -0.05) is 29.5 Å². The number of aryl methyl sites for hydroxylation is 1. The van der Waals surface area contributed by atoms with Crippen LogP contribution in [0.1, 0.15) is 12.5 Å². The molecule has 1 N–H and O–H groups in total. The topological polar surface area (TPSA) is 86.5 Å². The molecule has 0 aliphatic carbocycles. The molecule has 28 heavy (non-hydrogen) atoms. The summed E-state index contributed by atoms with van der Waals surface area (Å²) in [6.07, 6.45) is 0. The van der Waals surface area contributed by atoms with Gasteiger partial charge in [0.1, 0.15) is 11.5 Å². The molecule has 2 aromatic carbocycles. The summed E-state index contributed by atoms with van der Waals surface area (Å²) >= 11 is 1.19. The molecule has 146 valence electrons. The van der Waals surface area contributed by atoms with E-state index in [1.54, 1.807) is 39.3 Å². The van der Waals surface area contributed by atoms with E-state index in [2.05, 4.69) is 15.5 Å². The van der Waals surface area contributed by atoms with Crippen LogP contribution in [0.3, 0.4) is 0 Å². The third-order valence-corrected chi connectivity index (χ3v) is 4.95. The maximum Gasteiger partial charge on any atom is 0.277 e. The summed E-state index contributed by atoms with van der Waals surface area (Å²) < 4.78 is 16.3. The molecule has 0 spiro atoms. The van der Waals surface area contributed by atoms with Crippen LogP contribution >= 0.6 is 11.8 Å². The van der Waals surface area contributed by atoms with E-state index in [4.69, 9.17) is 13.9 Å². The first kappa shape index (κ1) is 19.8. The van der Waals surface area contributed by atoms with Crippen molar-refractivity contribution in [3.05, 3.63) is 48.0 Å². The quantitative estimate of drug-likeness (QED) is 0.596. The average molecular weight is 399 g/mol. The molecule has 0 radical (unpaired) electrons. The van der Waals surface area contributed by atoms with Crippen LogP contribution in [0.2, 0.25) is 0 Å². The number of nitrogens with zero attached hydrogens (tertiary/aromatic N) is 2. The Balaban J connectivity index is 1.68. The summed E-state index contributed by atoms with van der Waals surface area (Å²) in [4.78, 5) is 12.4. The maximum atomic E-state index is 12.4. The molecular weight excluding hydrogens is 378 g/mol. The van der Waals surface area contributed by atoms with Crippen molar-refractivity contribution in [2.75, 3.05) is 19.5 Å². The first-order valence-electron chi connectivity index (χ1n) is 8.60. The van der Waals surface area contributed by atoms with Crippen LogP contribution in [0.25, 0.3) is 11.5 Å². The van der Waals surface area contributed by atoms with Gasteiger partial charge >= 0.3 is 0 Å². The van der Waals surface area contributed by atoms with Crippen molar-refractivity contribution in [1.82, 2.24) is 10.2 Å². The fourth-order valence-corrected chi connectivity index (χ4v) is 3.11. The van der Waals surface area contributed by atoms with Gasteiger partial charge in [-0.25, -0.2) is 0 Å². The lowest BCUT2D eigenvalue weighted by molar-refractivity contribution is -0.115. The standard InChI is InChI=1S/C20H21N3O4S/c1-12-5-7-14(8-6-12)21-18(24)13(2)28-20-23-22-19(27-20)16-10-9-15(25-3)11-17(16)26-4/h5-11,13H,1-4H3,(H,21,24)/t13-/m1/s1. The average Bonchev–Trinajstić information content (AvgIpc) is 3.17. The minimum Gasteiger partial charge on any atom is -0.497 e. The third kappa shape index (κ3) is 4.64. The van der Waals surface area contributed by atoms with E-state index in [1.807, 2.05) is 31.2 Å². The maximum absolute atomic E-state index is 12.4. The van der Waals surface area contributed by atoms with Gasteiger partial charge in [0.15, 0.2) is 0 Å². The zero-order valence-corrected chi connectivity index (χ0v) is 16.9. The number of amides is 1. The number of nitrogens with one attached hydrogen (secondary N) is 1. The molecule has 0 aliphatic rings. The van der Waals surface area contributed by atoms with Crippen LogP contribution in [0.4, 0.5) is 5.69 Å². The molecule has 7 nitrogen and oxygen atoms in total. The molecule has 0 fully saturated rings. The highest BCUT2D eigenvalue weighted by Gasteiger charge is 2.20. The Hall–Kier alpha value is -3.00. The van der Waals surface area contributed by atoms with E-state index < -0.39 is 5.25 Å². The molecule has 0 aliphatic heterocycles. The number of rotatable bonds is 7. The van der Waals surface area contributed by atoms with Crippen molar-refractivity contribution in [2.45, 2.75) is 24.3 Å². The number of thioether (sulfide) groups is 1. The van der Waals surface area contributed by atoms with Gasteiger partial charge in [0.05, 0.1) is 25.0 Å². The largest absolute Gasteiger partial charge is 0.497 e. The number of ether oxygens (including phenoxy) is 2. The number of benzene rings is 2. The van der Waals surface area contributed by atoms with Gasteiger partial charge in [0, 0.05) is 11.8 Å². The lowest BCUT2D eigenvalue weighted by Crippen LogP contribution is -2.22. The van der Waals surface area contributed by atoms with Crippen molar-refractivity contribution < 1.29 is 18.7 Å². The van der Waals surface area contributed by atoms with Crippen LogP contribution < -0.4 is 14.8 Å². The van der Waals surface area contributed by atoms with E-state index >= 15 is 0 Å². The van der Waals surface area contributed by atoms with Gasteiger partial charge in [-0.05, 0) is 38.1 Å². The van der Waals surface area contributed by atoms with E-state index in [9.17, 15) is 4.79 Å². The van der Waals surface area contributed by atoms with Crippen molar-refractivity contribution in [3.8, 4) is 23.0 Å². The minimum atomic E-state index is -0.410. The lowest BCUT2D eigenvalue weighted by Gasteiger charge is -2.10. The molecule has 1 atom stereocenters. The number of carbonyl (C=O) groups is 1. The molecule has 1 heterocycles. The summed E-state index contributed by atoms with van der Waals surface area (Å²) in [6, 6.07) is 12.9. The Morgan fingerprint density at radius 1 is 1.11 bits per heavy atom. The zero-order valence-electron chi connectivity index (χ0n) is 16.1. The molecule has 3 aromatic rings.